The smallest absolute Gasteiger partial charge is 0.309 e. The first-order valence-electron chi connectivity index (χ1n) is 23.4. The van der Waals surface area contributed by atoms with Crippen LogP contribution < -0.4 is 0 Å². The van der Waals surface area contributed by atoms with Crippen LogP contribution in [-0.2, 0) is 19.1 Å². The second-order valence-corrected chi connectivity index (χ2v) is 23.0. The van der Waals surface area contributed by atoms with Crippen LogP contribution in [0.5, 0.6) is 5.75 Å². The van der Waals surface area contributed by atoms with Gasteiger partial charge in [-0.1, -0.05) is 60.6 Å². The van der Waals surface area contributed by atoms with Gasteiger partial charge < -0.3 is 24.8 Å². The Morgan fingerprint density at radius 2 is 1.57 bits per heavy atom. The van der Waals surface area contributed by atoms with Crippen LogP contribution in [-0.4, -0.2) is 55.6 Å². The minimum atomic E-state index is -0.822. The molecule has 0 bridgehead atoms. The van der Waals surface area contributed by atoms with Gasteiger partial charge in [0.15, 0.2) is 0 Å². The van der Waals surface area contributed by atoms with Crippen LogP contribution in [0.2, 0.25) is 0 Å². The van der Waals surface area contributed by atoms with Crippen molar-refractivity contribution >= 4 is 17.8 Å². The van der Waals surface area contributed by atoms with E-state index >= 15 is 4.79 Å². The number of nitrogens with zero attached hydrogens (tertiary/aromatic N) is 2. The van der Waals surface area contributed by atoms with Gasteiger partial charge in [-0.25, -0.2) is 4.98 Å². The number of amides is 1. The topological polar surface area (TPSA) is 133 Å². The fourth-order valence-corrected chi connectivity index (χ4v) is 16.5. The largest absolute Gasteiger partial charge is 0.508 e. The molecule has 6 aliphatic carbocycles. The second kappa shape index (κ2) is 13.9. The Bertz CT molecular complexity index is 2070. The molecule has 7 fully saturated rings. The number of esters is 1. The molecule has 9 heteroatoms. The van der Waals surface area contributed by atoms with Crippen LogP contribution in [0.15, 0.2) is 42.6 Å². The highest BCUT2D eigenvalue weighted by atomic mass is 16.5. The number of carboxylic acid groups (broad SMARTS) is 1. The van der Waals surface area contributed by atoms with Crippen molar-refractivity contribution in [3.05, 3.63) is 48.4 Å². The third-order valence-electron chi connectivity index (χ3n) is 20.1. The molecule has 2 aromatic rings. The molecule has 0 spiro atoms. The Labute approximate surface area is 357 Å². The summed E-state index contributed by atoms with van der Waals surface area (Å²) in [5, 5.41) is 19.6. The summed E-state index contributed by atoms with van der Waals surface area (Å²) in [6.07, 6.45) is 14.3. The molecule has 1 aromatic carbocycles. The SMILES string of the molecule is C=C(C)[C@@H]1CC[C@]2(C(=O)N3CCCC3c3ncc(-c4ccc(O)cc4)[nH]3)CC[C@]3(C)[C@H](CC[C@@H]4[C@@]5(C)CC[C@H](OC(=O)C6CC(C(=O)O)C6(C)C)C(C)(C)C5CC[C@]43C)[C@@H]12. The van der Waals surface area contributed by atoms with Gasteiger partial charge in [-0.2, -0.15) is 0 Å². The first kappa shape index (κ1) is 41.7. The summed E-state index contributed by atoms with van der Waals surface area (Å²) >= 11 is 0. The number of aliphatic carboxylic acids is 1. The molecular formula is C51H71N3O6. The first-order chi connectivity index (χ1) is 28.2. The number of H-pyrrole nitrogens is 1. The molecular weight excluding hydrogens is 751 g/mol. The number of carbonyl (C=O) groups is 3. The summed E-state index contributed by atoms with van der Waals surface area (Å²) in [4.78, 5) is 51.7. The number of nitrogens with one attached hydrogen (secondary N) is 1. The molecule has 2 heterocycles. The van der Waals surface area contributed by atoms with Crippen molar-refractivity contribution < 1.29 is 29.3 Å². The first-order valence-corrected chi connectivity index (χ1v) is 23.4. The zero-order valence-corrected chi connectivity index (χ0v) is 37.6. The highest BCUT2D eigenvalue weighted by Gasteiger charge is 2.72. The lowest BCUT2D eigenvalue weighted by molar-refractivity contribution is -0.251. The van der Waals surface area contributed by atoms with Crippen LogP contribution in [0, 0.1) is 73.9 Å². The van der Waals surface area contributed by atoms with Crippen LogP contribution >= 0.6 is 0 Å². The molecule has 7 aliphatic rings. The molecule has 1 saturated heterocycles. The average Bonchev–Trinajstić information content (AvgIpc) is 3.95. The Hall–Kier alpha value is -3.62. The molecule has 4 unspecified atom stereocenters. The maximum Gasteiger partial charge on any atom is 0.309 e. The number of likely N-dealkylation sites (tertiary alicyclic amines) is 1. The van der Waals surface area contributed by atoms with E-state index in [1.807, 2.05) is 32.2 Å². The second-order valence-electron chi connectivity index (χ2n) is 23.0. The predicted molar refractivity (Wildman–Crippen MR) is 231 cm³/mol. The van der Waals surface area contributed by atoms with Crippen molar-refractivity contribution in [2.24, 2.45) is 73.9 Å². The third-order valence-corrected chi connectivity index (χ3v) is 20.1. The number of aromatic amines is 1. The lowest BCUT2D eigenvalue weighted by Gasteiger charge is -2.73. The Kier molecular flexibility index (Phi) is 9.69. The summed E-state index contributed by atoms with van der Waals surface area (Å²) in [5.41, 5.74) is 2.23. The van der Waals surface area contributed by atoms with Gasteiger partial charge in [0.05, 0.1) is 35.2 Å². The van der Waals surface area contributed by atoms with Crippen LogP contribution in [0.25, 0.3) is 11.3 Å². The molecule has 326 valence electrons. The van der Waals surface area contributed by atoms with Crippen LogP contribution in [0.4, 0.5) is 0 Å². The van der Waals surface area contributed by atoms with E-state index in [1.54, 1.807) is 12.1 Å². The number of fused-ring (bicyclic) bond motifs is 7. The number of allylic oxidation sites excluding steroid dienone is 1. The highest BCUT2D eigenvalue weighted by molar-refractivity contribution is 5.85. The molecule has 3 N–H and O–H groups in total. The van der Waals surface area contributed by atoms with E-state index in [0.29, 0.717) is 36.0 Å². The number of hydrogen-bond donors (Lipinski definition) is 3. The Morgan fingerprint density at radius 3 is 2.25 bits per heavy atom. The molecule has 13 atom stereocenters. The number of ether oxygens (including phenoxy) is 1. The Morgan fingerprint density at radius 1 is 0.833 bits per heavy atom. The van der Waals surface area contributed by atoms with E-state index in [2.05, 4.69) is 58.0 Å². The van der Waals surface area contributed by atoms with Gasteiger partial charge in [-0.3, -0.25) is 14.4 Å². The summed E-state index contributed by atoms with van der Waals surface area (Å²) in [7, 11) is 0. The molecule has 60 heavy (non-hydrogen) atoms. The van der Waals surface area contributed by atoms with E-state index in [1.165, 1.54) is 12.0 Å². The van der Waals surface area contributed by atoms with E-state index in [0.717, 1.165) is 94.3 Å². The average molecular weight is 822 g/mol. The number of hydrogen-bond acceptors (Lipinski definition) is 6. The number of aromatic nitrogens is 2. The minimum Gasteiger partial charge on any atom is -0.508 e. The third kappa shape index (κ3) is 5.73. The van der Waals surface area contributed by atoms with Gasteiger partial charge in [0.2, 0.25) is 5.91 Å². The Balaban J connectivity index is 0.965. The van der Waals surface area contributed by atoms with Crippen molar-refractivity contribution in [3.63, 3.8) is 0 Å². The van der Waals surface area contributed by atoms with Gasteiger partial charge in [0.1, 0.15) is 17.7 Å². The highest BCUT2D eigenvalue weighted by Crippen LogP contribution is 2.78. The number of imidazole rings is 1. The summed E-state index contributed by atoms with van der Waals surface area (Å²) in [6, 6.07) is 7.10. The van der Waals surface area contributed by atoms with Crippen molar-refractivity contribution in [2.75, 3.05) is 6.54 Å². The van der Waals surface area contributed by atoms with Gasteiger partial charge in [-0.15, -0.1) is 0 Å². The molecule has 1 aromatic heterocycles. The number of benzene rings is 1. The fourth-order valence-electron chi connectivity index (χ4n) is 16.5. The standard InChI is InChI=1S/C51H71N3O6/c1-29(2)32-18-23-51(45(59)54-26-10-11-37(54)42-52-28-36(53-42)30-12-14-31(55)15-13-30)25-24-49(8)33(41(32)51)16-17-39-48(7)21-20-40(47(5,6)38(48)19-22-50(39,49)9)60-44(58)35-27-34(43(56)57)46(35,3)4/h12-15,28,32-35,37-41,55H,1,10-11,16-27H2,2-9H3,(H,52,53)(H,56,57)/t32-,33+,34?,35?,37?,38?,39+,40-,41+,48-,49+,50+,51-/m0/s1. The van der Waals surface area contributed by atoms with Crippen molar-refractivity contribution in [1.29, 1.82) is 0 Å². The van der Waals surface area contributed by atoms with Gasteiger partial charge >= 0.3 is 11.9 Å². The fraction of sp³-hybridized carbons (Fsp3) is 0.725. The summed E-state index contributed by atoms with van der Waals surface area (Å²) in [5.74, 6) is 1.55. The zero-order chi connectivity index (χ0) is 42.9. The molecule has 1 aliphatic heterocycles. The van der Waals surface area contributed by atoms with E-state index in [9.17, 15) is 19.8 Å². The van der Waals surface area contributed by atoms with Gasteiger partial charge in [0.25, 0.3) is 0 Å². The minimum absolute atomic E-state index is 0.0707. The lowest BCUT2D eigenvalue weighted by Crippen LogP contribution is -2.67. The summed E-state index contributed by atoms with van der Waals surface area (Å²) in [6.45, 7) is 23.9. The van der Waals surface area contributed by atoms with E-state index < -0.39 is 22.7 Å². The number of phenols is 1. The van der Waals surface area contributed by atoms with Gasteiger partial charge in [0, 0.05) is 12.0 Å². The lowest BCUT2D eigenvalue weighted by atomic mass is 9.32. The van der Waals surface area contributed by atoms with Crippen molar-refractivity contribution in [2.45, 2.75) is 151 Å². The van der Waals surface area contributed by atoms with E-state index in [4.69, 9.17) is 9.72 Å². The van der Waals surface area contributed by atoms with Crippen molar-refractivity contribution in [3.8, 4) is 17.0 Å². The maximum atomic E-state index is 15.5. The number of aromatic hydroxyl groups is 1. The predicted octanol–water partition coefficient (Wildman–Crippen LogP) is 10.8. The molecule has 9 rings (SSSR count). The zero-order valence-electron chi connectivity index (χ0n) is 37.6. The van der Waals surface area contributed by atoms with E-state index in [-0.39, 0.29) is 57.4 Å². The number of carbonyl (C=O) groups excluding carboxylic acids is 2. The van der Waals surface area contributed by atoms with Crippen LogP contribution in [0.1, 0.15) is 151 Å². The molecule has 0 radical (unpaired) electrons. The van der Waals surface area contributed by atoms with Crippen molar-refractivity contribution in [1.82, 2.24) is 14.9 Å². The molecule has 1 amide bonds. The number of phenolic OH excluding ortho intramolecular Hbond substituents is 1. The molecule has 9 nitrogen and oxygen atoms in total. The quantitative estimate of drug-likeness (QED) is 0.187. The monoisotopic (exact) mass is 822 g/mol. The number of rotatable bonds is 7. The normalized spacial score (nSPS) is 42.5. The maximum absolute atomic E-state index is 15.5. The summed E-state index contributed by atoms with van der Waals surface area (Å²) < 4.78 is 6.46. The van der Waals surface area contributed by atoms with Crippen LogP contribution in [0.3, 0.4) is 0 Å². The van der Waals surface area contributed by atoms with Gasteiger partial charge in [-0.05, 0) is 171 Å². The number of carboxylic acids is 1. The molecule has 6 saturated carbocycles.